The van der Waals surface area contributed by atoms with Crippen molar-refractivity contribution in [3.63, 3.8) is 0 Å². The van der Waals surface area contributed by atoms with Gasteiger partial charge in [-0.3, -0.25) is 0 Å². The van der Waals surface area contributed by atoms with E-state index < -0.39 is 0 Å². The van der Waals surface area contributed by atoms with E-state index in [9.17, 15) is 0 Å². The van der Waals surface area contributed by atoms with Crippen molar-refractivity contribution in [3.05, 3.63) is 308 Å². The van der Waals surface area contributed by atoms with Crippen molar-refractivity contribution in [2.24, 2.45) is 11.3 Å². The van der Waals surface area contributed by atoms with Crippen LogP contribution in [0.2, 0.25) is 0 Å². The molecule has 11 aromatic carbocycles. The fraction of sp³-hybridized carbons (Fsp3) is 0.358. The van der Waals surface area contributed by atoms with Gasteiger partial charge in [0.1, 0.15) is 0 Å². The van der Waals surface area contributed by atoms with Crippen molar-refractivity contribution in [2.75, 3.05) is 9.80 Å². The van der Waals surface area contributed by atoms with Crippen molar-refractivity contribution < 1.29 is 0 Å². The fourth-order valence-corrected chi connectivity index (χ4v) is 20.8. The normalized spacial score (nSPS) is 17.7. The number of anilines is 6. The molecule has 11 aromatic rings. The van der Waals surface area contributed by atoms with Gasteiger partial charge in [-0.15, -0.1) is 0 Å². The summed E-state index contributed by atoms with van der Waals surface area (Å²) in [5.41, 5.74) is 43.7. The second kappa shape index (κ2) is 27.1. The van der Waals surface area contributed by atoms with Crippen LogP contribution in [0.25, 0.3) is 66.8 Å². The number of hydrogen-bond acceptors (Lipinski definition) is 2. The molecular formula is C109H118N2. The van der Waals surface area contributed by atoms with Gasteiger partial charge < -0.3 is 9.80 Å². The molecule has 0 aliphatic heterocycles. The Morgan fingerprint density at radius 1 is 0.324 bits per heavy atom. The maximum absolute atomic E-state index is 2.66. The minimum Gasteiger partial charge on any atom is -0.310 e. The van der Waals surface area contributed by atoms with E-state index in [1.807, 2.05) is 0 Å². The van der Waals surface area contributed by atoms with Gasteiger partial charge in [0.25, 0.3) is 0 Å². The maximum atomic E-state index is 2.66. The van der Waals surface area contributed by atoms with Crippen molar-refractivity contribution in [1.82, 2.24) is 0 Å². The third-order valence-electron chi connectivity index (χ3n) is 27.8. The quantitative estimate of drug-likeness (QED) is 0.101. The van der Waals surface area contributed by atoms with Gasteiger partial charge in [-0.25, -0.2) is 0 Å². The van der Waals surface area contributed by atoms with E-state index in [2.05, 4.69) is 380 Å². The van der Waals surface area contributed by atoms with E-state index in [0.717, 1.165) is 12.8 Å². The SMILES string of the molecule is CC(C)c1cc(-c2cc(C(C)C)ccc2N(c2ccc3c(c2)C(C)(C)c2ccccc2-3)c2ccc3c(c2)C2(CCCCC2)c2cc(-c4ccc5c(c4)-c4ccc(N(c6ccc7c(c6)C(C)(C)C6C=C(C(C)(C)C)C=CC76)c6ccc(C(C)C)cc6-c6cc(C(C)C)cc(C(C)C)c6)cc4C5(C)C)ccc2-3)cc(C(C)C)c1. The highest BCUT2D eigenvalue weighted by molar-refractivity contribution is 5.96. The number of allylic oxidation sites excluding steroid dienone is 4. The molecule has 0 saturated heterocycles. The highest BCUT2D eigenvalue weighted by atomic mass is 15.2. The summed E-state index contributed by atoms with van der Waals surface area (Å²) >= 11 is 0. The number of nitrogens with zero attached hydrogens (tertiary/aromatic N) is 2. The molecule has 1 saturated carbocycles. The number of fused-ring (bicyclic) bond motifs is 14. The molecule has 2 atom stereocenters. The monoisotopic (exact) mass is 1450 g/mol. The lowest BCUT2D eigenvalue weighted by Gasteiger charge is -2.37. The van der Waals surface area contributed by atoms with E-state index in [4.69, 9.17) is 0 Å². The third-order valence-corrected chi connectivity index (χ3v) is 27.8. The molecule has 6 aliphatic rings. The maximum Gasteiger partial charge on any atom is 0.0540 e. The zero-order chi connectivity index (χ0) is 78.0. The van der Waals surface area contributed by atoms with Crippen molar-refractivity contribution >= 4 is 34.1 Å². The van der Waals surface area contributed by atoms with Gasteiger partial charge in [0.2, 0.25) is 0 Å². The van der Waals surface area contributed by atoms with Crippen LogP contribution in [0.15, 0.2) is 230 Å². The molecule has 0 heterocycles. The second-order valence-electron chi connectivity index (χ2n) is 38.9. The summed E-state index contributed by atoms with van der Waals surface area (Å²) < 4.78 is 0. The van der Waals surface area contributed by atoms with Crippen molar-refractivity contribution in [2.45, 2.75) is 241 Å². The molecule has 1 spiro atoms. The van der Waals surface area contributed by atoms with E-state index >= 15 is 0 Å². The highest BCUT2D eigenvalue weighted by Gasteiger charge is 2.48. The predicted octanol–water partition coefficient (Wildman–Crippen LogP) is 31.7. The molecule has 6 aliphatic carbocycles. The largest absolute Gasteiger partial charge is 0.310 e. The number of hydrogen-bond donors (Lipinski definition) is 0. The Kier molecular flexibility index (Phi) is 18.1. The van der Waals surface area contributed by atoms with Crippen molar-refractivity contribution in [3.8, 4) is 66.8 Å². The van der Waals surface area contributed by atoms with E-state index in [1.54, 1.807) is 0 Å². The molecule has 2 nitrogen and oxygen atoms in total. The molecule has 0 aromatic heterocycles. The summed E-state index contributed by atoms with van der Waals surface area (Å²) in [6.07, 6.45) is 13.5. The summed E-state index contributed by atoms with van der Waals surface area (Å²) in [5, 5.41) is 0. The van der Waals surface area contributed by atoms with Crippen LogP contribution in [-0.2, 0) is 21.7 Å². The standard InChI is InChI=1S/C109H118N2/c1-64(2)70-31-45-103(92(55-70)78-51-74(66(5)6)49-75(52-78)67(7)8)110(82-35-41-88-86-39-33-80(105(13,14)15)59-97(86)108(20,21)99(88)61-82)83-37-43-91-94-57-72(30-44-96(94)107(18,19)100(91)62-83)73-29-38-89-90-42-36-84(63-102(90)109(101(89)58-73)47-25-22-26-48-109)111(81-34-40-87-85-27-23-24-28-95(85)106(16,17)98(87)60-81)104-46-32-71(65(3)4)56-93(104)79-53-76(68(9)10)50-77(54-79)69(11)12/h23-24,27-46,49-69,86,97H,22,25-26,47-48H2,1-21H3. The van der Waals surface area contributed by atoms with Gasteiger partial charge >= 0.3 is 0 Å². The lowest BCUT2D eigenvalue weighted by atomic mass is 9.67. The van der Waals surface area contributed by atoms with Crippen LogP contribution in [0, 0.1) is 11.3 Å². The zero-order valence-corrected chi connectivity index (χ0v) is 70.4. The van der Waals surface area contributed by atoms with Crippen LogP contribution < -0.4 is 9.80 Å². The van der Waals surface area contributed by atoms with Crippen LogP contribution in [0.3, 0.4) is 0 Å². The number of rotatable bonds is 15. The smallest absolute Gasteiger partial charge is 0.0540 e. The van der Waals surface area contributed by atoms with E-state index in [-0.39, 0.29) is 27.1 Å². The summed E-state index contributed by atoms with van der Waals surface area (Å²) in [6.45, 7) is 50.0. The summed E-state index contributed by atoms with van der Waals surface area (Å²) in [7, 11) is 0. The van der Waals surface area contributed by atoms with E-state index in [0.29, 0.717) is 47.3 Å². The summed E-state index contributed by atoms with van der Waals surface area (Å²) in [4.78, 5) is 5.29. The Bertz CT molecular complexity index is 5580. The molecular weight excluding hydrogens is 1340 g/mol. The minimum atomic E-state index is -0.267. The average Bonchev–Trinajstić information content (AvgIpc) is 1.56. The molecule has 0 amide bonds. The molecule has 17 rings (SSSR count). The molecule has 0 bridgehead atoms. The van der Waals surface area contributed by atoms with Crippen LogP contribution in [-0.4, -0.2) is 0 Å². The van der Waals surface area contributed by atoms with E-state index in [1.165, 1.54) is 204 Å². The Morgan fingerprint density at radius 2 is 0.730 bits per heavy atom. The zero-order valence-electron chi connectivity index (χ0n) is 70.4. The lowest BCUT2D eigenvalue weighted by Crippen LogP contribution is -2.28. The average molecular weight is 1460 g/mol. The first-order valence-electron chi connectivity index (χ1n) is 42.4. The van der Waals surface area contributed by atoms with Crippen LogP contribution >= 0.6 is 0 Å². The van der Waals surface area contributed by atoms with Crippen molar-refractivity contribution in [1.29, 1.82) is 0 Å². The van der Waals surface area contributed by atoms with Gasteiger partial charge in [-0.2, -0.15) is 0 Å². The molecule has 0 radical (unpaired) electrons. The fourth-order valence-electron chi connectivity index (χ4n) is 20.8. The summed E-state index contributed by atoms with van der Waals surface area (Å²) in [5.74, 6) is 3.01. The minimum absolute atomic E-state index is 0.0756. The number of benzene rings is 11. The Labute approximate surface area is 666 Å². The van der Waals surface area contributed by atoms with Gasteiger partial charge in [-0.05, 0) is 289 Å². The van der Waals surface area contributed by atoms with Crippen LogP contribution in [0.1, 0.15) is 297 Å². The topological polar surface area (TPSA) is 6.48 Å². The molecule has 2 heteroatoms. The third kappa shape index (κ3) is 12.2. The molecule has 111 heavy (non-hydrogen) atoms. The van der Waals surface area contributed by atoms with Gasteiger partial charge in [0.05, 0.1) is 11.4 Å². The Morgan fingerprint density at radius 3 is 1.23 bits per heavy atom. The first-order valence-corrected chi connectivity index (χ1v) is 42.4. The predicted molar refractivity (Wildman–Crippen MR) is 477 cm³/mol. The molecule has 564 valence electrons. The molecule has 1 fully saturated rings. The van der Waals surface area contributed by atoms with Gasteiger partial charge in [0, 0.05) is 56.0 Å². The van der Waals surface area contributed by atoms with Crippen LogP contribution in [0.4, 0.5) is 34.1 Å². The van der Waals surface area contributed by atoms with Gasteiger partial charge in [0.15, 0.2) is 0 Å². The van der Waals surface area contributed by atoms with Gasteiger partial charge in [-0.1, -0.05) is 304 Å². The highest BCUT2D eigenvalue weighted by Crippen LogP contribution is 2.62. The lowest BCUT2D eigenvalue weighted by molar-refractivity contribution is 0.353. The first kappa shape index (κ1) is 74.3. The van der Waals surface area contributed by atoms with Crippen LogP contribution in [0.5, 0.6) is 0 Å². The Balaban J connectivity index is 0.786. The second-order valence-corrected chi connectivity index (χ2v) is 38.9. The molecule has 0 N–H and O–H groups in total. The Hall–Kier alpha value is -9.50. The molecule has 2 unspecified atom stereocenters. The first-order chi connectivity index (χ1) is 52.8. The summed E-state index contributed by atoms with van der Waals surface area (Å²) in [6, 6.07) is 83.9.